The van der Waals surface area contributed by atoms with Gasteiger partial charge in [0.2, 0.25) is 5.95 Å². The average Bonchev–Trinajstić information content (AvgIpc) is 3.11. The SMILES string of the molecule is CC(=O)c1cccc(Nc2ncc3c(n2)-c2sc(NC(C)CO)nc2CC3)c1. The van der Waals surface area contributed by atoms with Gasteiger partial charge in [0.15, 0.2) is 10.9 Å². The number of aryl methyl sites for hydroxylation is 2. The zero-order valence-electron chi connectivity index (χ0n) is 15.7. The minimum absolute atomic E-state index is 0.0152. The standard InChI is InChI=1S/C20H21N5O2S/c1-11(10-26)22-20-24-16-7-6-14-9-21-19(25-17(14)18(16)28-20)23-15-5-3-4-13(8-15)12(2)27/h3-5,8-9,11,26H,6-7,10H2,1-2H3,(H,22,24)(H,21,23,25). The van der Waals surface area contributed by atoms with Crippen LogP contribution in [0.1, 0.15) is 35.5 Å². The van der Waals surface area contributed by atoms with E-state index >= 15 is 0 Å². The van der Waals surface area contributed by atoms with Gasteiger partial charge in [-0.25, -0.2) is 15.0 Å². The van der Waals surface area contributed by atoms with Crippen LogP contribution in [0.3, 0.4) is 0 Å². The van der Waals surface area contributed by atoms with Crippen molar-refractivity contribution in [3.8, 4) is 10.6 Å². The molecule has 0 saturated carbocycles. The largest absolute Gasteiger partial charge is 0.394 e. The molecule has 1 aliphatic carbocycles. The van der Waals surface area contributed by atoms with E-state index in [1.54, 1.807) is 30.4 Å². The fourth-order valence-electron chi connectivity index (χ4n) is 3.07. The van der Waals surface area contributed by atoms with Gasteiger partial charge < -0.3 is 15.7 Å². The first-order chi connectivity index (χ1) is 13.5. The van der Waals surface area contributed by atoms with Crippen LogP contribution >= 0.6 is 11.3 Å². The van der Waals surface area contributed by atoms with E-state index in [1.807, 2.05) is 25.3 Å². The van der Waals surface area contributed by atoms with Gasteiger partial charge in [0.25, 0.3) is 0 Å². The van der Waals surface area contributed by atoms with E-state index in [9.17, 15) is 9.90 Å². The normalized spacial score (nSPS) is 13.4. The molecule has 0 spiro atoms. The number of thiazole rings is 1. The molecule has 0 saturated heterocycles. The second kappa shape index (κ2) is 7.65. The Morgan fingerprint density at radius 2 is 2.18 bits per heavy atom. The van der Waals surface area contributed by atoms with Crippen LogP contribution in [0.15, 0.2) is 30.5 Å². The Bertz CT molecular complexity index is 1030. The number of aromatic nitrogens is 3. The lowest BCUT2D eigenvalue weighted by molar-refractivity contribution is 0.101. The van der Waals surface area contributed by atoms with Crippen molar-refractivity contribution in [1.82, 2.24) is 15.0 Å². The van der Waals surface area contributed by atoms with Crippen molar-refractivity contribution in [3.05, 3.63) is 47.3 Å². The number of carbonyl (C=O) groups is 1. The highest BCUT2D eigenvalue weighted by atomic mass is 32.1. The van der Waals surface area contributed by atoms with Crippen LogP contribution in [-0.4, -0.2) is 38.5 Å². The van der Waals surface area contributed by atoms with Crippen molar-refractivity contribution in [2.75, 3.05) is 17.2 Å². The number of hydrogen-bond donors (Lipinski definition) is 3. The van der Waals surface area contributed by atoms with Crippen LogP contribution < -0.4 is 10.6 Å². The number of Topliss-reactive ketones (excluding diaryl/α,β-unsaturated/α-hetero) is 1. The number of benzene rings is 1. The van der Waals surface area contributed by atoms with Gasteiger partial charge in [0.05, 0.1) is 22.9 Å². The summed E-state index contributed by atoms with van der Waals surface area (Å²) in [5.74, 6) is 0.500. The molecule has 2 heterocycles. The van der Waals surface area contributed by atoms with Gasteiger partial charge in [-0.1, -0.05) is 23.5 Å². The fourth-order valence-corrected chi connectivity index (χ4v) is 4.22. The Labute approximate surface area is 166 Å². The lowest BCUT2D eigenvalue weighted by Gasteiger charge is -2.15. The number of ketones is 1. The number of anilines is 3. The zero-order valence-corrected chi connectivity index (χ0v) is 16.5. The van der Waals surface area contributed by atoms with Crippen LogP contribution in [0.5, 0.6) is 0 Å². The van der Waals surface area contributed by atoms with Crippen molar-refractivity contribution in [3.63, 3.8) is 0 Å². The summed E-state index contributed by atoms with van der Waals surface area (Å²) in [4.78, 5) is 26.4. The predicted molar refractivity (Wildman–Crippen MR) is 110 cm³/mol. The fraction of sp³-hybridized carbons (Fsp3) is 0.300. The highest BCUT2D eigenvalue weighted by Gasteiger charge is 2.23. The maximum atomic E-state index is 11.6. The molecule has 28 heavy (non-hydrogen) atoms. The third kappa shape index (κ3) is 3.74. The van der Waals surface area contributed by atoms with Crippen LogP contribution in [0.2, 0.25) is 0 Å². The first-order valence-electron chi connectivity index (χ1n) is 9.15. The molecule has 1 atom stereocenters. The Kier molecular flexibility index (Phi) is 5.06. The van der Waals surface area contributed by atoms with Crippen molar-refractivity contribution in [2.24, 2.45) is 0 Å². The van der Waals surface area contributed by atoms with Crippen LogP contribution in [-0.2, 0) is 12.8 Å². The maximum Gasteiger partial charge on any atom is 0.227 e. The third-order valence-electron chi connectivity index (χ3n) is 4.58. The third-order valence-corrected chi connectivity index (χ3v) is 5.61. The van der Waals surface area contributed by atoms with Gasteiger partial charge in [0, 0.05) is 23.5 Å². The smallest absolute Gasteiger partial charge is 0.227 e. The summed E-state index contributed by atoms with van der Waals surface area (Å²) in [5, 5.41) is 16.5. The highest BCUT2D eigenvalue weighted by Crippen LogP contribution is 2.38. The molecular weight excluding hydrogens is 374 g/mol. The summed E-state index contributed by atoms with van der Waals surface area (Å²) in [6.45, 7) is 3.51. The zero-order chi connectivity index (χ0) is 19.7. The van der Waals surface area contributed by atoms with Crippen molar-refractivity contribution < 1.29 is 9.90 Å². The summed E-state index contributed by atoms with van der Waals surface area (Å²) < 4.78 is 0. The van der Waals surface area contributed by atoms with E-state index in [0.29, 0.717) is 11.5 Å². The lowest BCUT2D eigenvalue weighted by atomic mass is 10.00. The van der Waals surface area contributed by atoms with E-state index in [4.69, 9.17) is 4.98 Å². The summed E-state index contributed by atoms with van der Waals surface area (Å²) in [6, 6.07) is 7.24. The number of fused-ring (bicyclic) bond motifs is 3. The molecule has 0 radical (unpaired) electrons. The number of aliphatic hydroxyl groups is 1. The van der Waals surface area contributed by atoms with Crippen molar-refractivity contribution >= 4 is 33.9 Å². The first-order valence-corrected chi connectivity index (χ1v) is 9.96. The second-order valence-corrected chi connectivity index (χ2v) is 7.85. The Morgan fingerprint density at radius 1 is 1.32 bits per heavy atom. The second-order valence-electron chi connectivity index (χ2n) is 6.85. The van der Waals surface area contributed by atoms with Crippen molar-refractivity contribution in [2.45, 2.75) is 32.7 Å². The number of nitrogens with zero attached hydrogens (tertiary/aromatic N) is 3. The van der Waals surface area contributed by atoms with Gasteiger partial charge in [-0.05, 0) is 44.4 Å². The molecule has 8 heteroatoms. The van der Waals surface area contributed by atoms with Crippen LogP contribution in [0.4, 0.5) is 16.8 Å². The van der Waals surface area contributed by atoms with E-state index in [0.717, 1.165) is 45.5 Å². The molecule has 0 fully saturated rings. The summed E-state index contributed by atoms with van der Waals surface area (Å²) in [6.07, 6.45) is 3.55. The van der Waals surface area contributed by atoms with E-state index < -0.39 is 0 Å². The van der Waals surface area contributed by atoms with Gasteiger partial charge >= 0.3 is 0 Å². The minimum atomic E-state index is -0.0525. The lowest BCUT2D eigenvalue weighted by Crippen LogP contribution is -2.19. The number of nitrogens with one attached hydrogen (secondary N) is 2. The van der Waals surface area contributed by atoms with Gasteiger partial charge in [-0.15, -0.1) is 0 Å². The molecule has 2 aromatic heterocycles. The average molecular weight is 395 g/mol. The van der Waals surface area contributed by atoms with E-state index in [1.165, 1.54) is 0 Å². The molecule has 3 aromatic rings. The molecule has 3 N–H and O–H groups in total. The molecule has 144 valence electrons. The Balaban J connectivity index is 1.63. The number of aliphatic hydroxyl groups excluding tert-OH is 1. The van der Waals surface area contributed by atoms with Crippen LogP contribution in [0, 0.1) is 0 Å². The quantitative estimate of drug-likeness (QED) is 0.550. The summed E-state index contributed by atoms with van der Waals surface area (Å²) in [5.41, 5.74) is 4.42. The van der Waals surface area contributed by atoms with Crippen LogP contribution in [0.25, 0.3) is 10.6 Å². The highest BCUT2D eigenvalue weighted by molar-refractivity contribution is 7.19. The topological polar surface area (TPSA) is 100 Å². The molecule has 1 aromatic carbocycles. The monoisotopic (exact) mass is 395 g/mol. The molecule has 1 aliphatic rings. The summed E-state index contributed by atoms with van der Waals surface area (Å²) >= 11 is 1.55. The molecule has 0 amide bonds. The number of carbonyl (C=O) groups excluding carboxylic acids is 1. The molecule has 7 nitrogen and oxygen atoms in total. The van der Waals surface area contributed by atoms with E-state index in [-0.39, 0.29) is 18.4 Å². The Morgan fingerprint density at radius 3 is 2.96 bits per heavy atom. The predicted octanol–water partition coefficient (Wildman–Crippen LogP) is 3.44. The van der Waals surface area contributed by atoms with E-state index in [2.05, 4.69) is 20.6 Å². The molecule has 1 unspecified atom stereocenters. The van der Waals surface area contributed by atoms with Gasteiger partial charge in [-0.2, -0.15) is 0 Å². The maximum absolute atomic E-state index is 11.6. The van der Waals surface area contributed by atoms with Crippen molar-refractivity contribution in [1.29, 1.82) is 0 Å². The molecule has 0 aliphatic heterocycles. The molecular formula is C20H21N5O2S. The van der Waals surface area contributed by atoms with Gasteiger partial charge in [0.1, 0.15) is 0 Å². The Hall–Kier alpha value is -2.84. The first kappa shape index (κ1) is 18.5. The summed E-state index contributed by atoms with van der Waals surface area (Å²) in [7, 11) is 0. The van der Waals surface area contributed by atoms with Gasteiger partial charge in [-0.3, -0.25) is 4.79 Å². The number of rotatable bonds is 6. The molecule has 4 rings (SSSR count). The minimum Gasteiger partial charge on any atom is -0.394 e. The number of hydrogen-bond acceptors (Lipinski definition) is 8. The molecule has 0 bridgehead atoms.